The van der Waals surface area contributed by atoms with Crippen LogP contribution >= 0.6 is 0 Å². The molecule has 2 rings (SSSR count). The van der Waals surface area contributed by atoms with Gasteiger partial charge in [-0.15, -0.1) is 0 Å². The molecule has 19 heavy (non-hydrogen) atoms. The van der Waals surface area contributed by atoms with E-state index in [1.165, 1.54) is 0 Å². The van der Waals surface area contributed by atoms with Gasteiger partial charge in [0, 0.05) is 13.1 Å². The molecule has 1 saturated heterocycles. The largest absolute Gasteiger partial charge is 0.444 e. The van der Waals surface area contributed by atoms with Crippen LogP contribution in [-0.2, 0) is 9.53 Å². The van der Waals surface area contributed by atoms with Crippen molar-refractivity contribution in [2.45, 2.75) is 58.1 Å². The highest BCUT2D eigenvalue weighted by molar-refractivity contribution is 5.86. The third-order valence-electron chi connectivity index (χ3n) is 3.45. The summed E-state index contributed by atoms with van der Waals surface area (Å²) >= 11 is 0. The van der Waals surface area contributed by atoms with E-state index in [-0.39, 0.29) is 5.91 Å². The van der Waals surface area contributed by atoms with E-state index in [2.05, 4.69) is 5.32 Å². The Bertz CT molecular complexity index is 352. The number of hydrogen-bond donors (Lipinski definition) is 1. The molecule has 1 atom stereocenters. The van der Waals surface area contributed by atoms with Gasteiger partial charge in [-0.3, -0.25) is 4.79 Å². The van der Waals surface area contributed by atoms with Crippen molar-refractivity contribution in [1.29, 1.82) is 0 Å². The number of amides is 2. The average molecular weight is 268 g/mol. The molecular weight excluding hydrogens is 244 g/mol. The lowest BCUT2D eigenvalue weighted by Crippen LogP contribution is -2.50. The molecule has 1 aliphatic carbocycles. The molecule has 0 unspecified atom stereocenters. The van der Waals surface area contributed by atoms with Gasteiger partial charge in [0.15, 0.2) is 0 Å². The second kappa shape index (κ2) is 5.39. The van der Waals surface area contributed by atoms with Crippen LogP contribution in [-0.4, -0.2) is 41.6 Å². The number of nitrogens with one attached hydrogen (secondary N) is 1. The van der Waals surface area contributed by atoms with E-state index in [9.17, 15) is 9.59 Å². The van der Waals surface area contributed by atoms with E-state index in [4.69, 9.17) is 4.74 Å². The number of ether oxygens (including phenoxy) is 1. The number of nitrogens with zero attached hydrogens (tertiary/aromatic N) is 1. The summed E-state index contributed by atoms with van der Waals surface area (Å²) in [6, 6.07) is -0.395. The van der Waals surface area contributed by atoms with Crippen LogP contribution in [0.25, 0.3) is 0 Å². The molecule has 2 aliphatic rings. The van der Waals surface area contributed by atoms with Crippen LogP contribution in [0.2, 0.25) is 0 Å². The Balaban J connectivity index is 1.92. The zero-order valence-corrected chi connectivity index (χ0v) is 12.1. The number of carbonyl (C=O) groups is 2. The lowest BCUT2D eigenvalue weighted by molar-refractivity contribution is -0.132. The Kier molecular flexibility index (Phi) is 4.02. The van der Waals surface area contributed by atoms with Crippen molar-refractivity contribution >= 4 is 12.0 Å². The maximum absolute atomic E-state index is 12.4. The molecule has 5 nitrogen and oxygen atoms in total. The van der Waals surface area contributed by atoms with Crippen LogP contribution in [0.1, 0.15) is 46.5 Å². The maximum Gasteiger partial charge on any atom is 0.408 e. The fourth-order valence-electron chi connectivity index (χ4n) is 2.38. The Hall–Kier alpha value is -1.26. The average Bonchev–Trinajstić information content (AvgIpc) is 2.97. The molecule has 1 N–H and O–H groups in total. The Labute approximate surface area is 114 Å². The summed E-state index contributed by atoms with van der Waals surface area (Å²) < 4.78 is 5.24. The van der Waals surface area contributed by atoms with Gasteiger partial charge in [-0.2, -0.15) is 0 Å². The fraction of sp³-hybridized carbons (Fsp3) is 0.857. The number of hydrogen-bond acceptors (Lipinski definition) is 3. The maximum atomic E-state index is 12.4. The summed E-state index contributed by atoms with van der Waals surface area (Å²) in [4.78, 5) is 26.1. The molecular formula is C14H24N2O3. The third kappa shape index (κ3) is 4.11. The molecule has 1 heterocycles. The van der Waals surface area contributed by atoms with E-state index in [0.29, 0.717) is 5.92 Å². The Morgan fingerprint density at radius 3 is 2.26 bits per heavy atom. The van der Waals surface area contributed by atoms with Crippen LogP contribution in [0.15, 0.2) is 0 Å². The van der Waals surface area contributed by atoms with Gasteiger partial charge in [-0.25, -0.2) is 4.79 Å². The molecule has 0 bridgehead atoms. The highest BCUT2D eigenvalue weighted by Gasteiger charge is 2.40. The Morgan fingerprint density at radius 1 is 1.21 bits per heavy atom. The summed E-state index contributed by atoms with van der Waals surface area (Å²) in [7, 11) is 0. The number of likely N-dealkylation sites (tertiary alicyclic amines) is 1. The Morgan fingerprint density at radius 2 is 1.79 bits per heavy atom. The summed E-state index contributed by atoms with van der Waals surface area (Å²) in [6.45, 7) is 7.10. The van der Waals surface area contributed by atoms with E-state index < -0.39 is 17.7 Å². The highest BCUT2D eigenvalue weighted by Crippen LogP contribution is 2.34. The molecule has 1 aliphatic heterocycles. The molecule has 1 saturated carbocycles. The number of carbonyl (C=O) groups excluding carboxylic acids is 2. The van der Waals surface area contributed by atoms with Crippen molar-refractivity contribution in [2.24, 2.45) is 5.92 Å². The second-order valence-corrected chi connectivity index (χ2v) is 6.49. The minimum absolute atomic E-state index is 0.0610. The first-order valence-corrected chi connectivity index (χ1v) is 7.15. The van der Waals surface area contributed by atoms with Crippen LogP contribution in [0.4, 0.5) is 4.79 Å². The zero-order chi connectivity index (χ0) is 14.0. The predicted octanol–water partition coefficient (Wildman–Crippen LogP) is 1.91. The molecule has 0 aromatic carbocycles. The summed E-state index contributed by atoms with van der Waals surface area (Å²) in [6.07, 6.45) is 3.67. The normalized spacial score (nSPS) is 21.1. The zero-order valence-electron chi connectivity index (χ0n) is 12.1. The van der Waals surface area contributed by atoms with Crippen LogP contribution in [0, 0.1) is 5.92 Å². The number of rotatable bonds is 3. The van der Waals surface area contributed by atoms with Crippen LogP contribution in [0.3, 0.4) is 0 Å². The van der Waals surface area contributed by atoms with Gasteiger partial charge in [0.25, 0.3) is 0 Å². The van der Waals surface area contributed by atoms with Gasteiger partial charge in [0.1, 0.15) is 11.6 Å². The lowest BCUT2D eigenvalue weighted by Gasteiger charge is -2.26. The van der Waals surface area contributed by atoms with Crippen molar-refractivity contribution in [2.75, 3.05) is 13.1 Å². The molecule has 0 aromatic rings. The standard InChI is InChI=1S/C14H24N2O3/c1-14(2,3)19-13(18)15-11(10-6-7-10)12(17)16-8-4-5-9-16/h10-11H,4-9H2,1-3H3,(H,15,18)/t11-/m0/s1. The van der Waals surface area contributed by atoms with E-state index in [1.807, 2.05) is 25.7 Å². The molecule has 108 valence electrons. The molecule has 2 fully saturated rings. The van der Waals surface area contributed by atoms with Gasteiger partial charge in [-0.05, 0) is 52.4 Å². The molecule has 0 radical (unpaired) electrons. The minimum atomic E-state index is -0.533. The van der Waals surface area contributed by atoms with Crippen LogP contribution < -0.4 is 5.32 Å². The lowest BCUT2D eigenvalue weighted by atomic mass is 10.1. The monoisotopic (exact) mass is 268 g/mol. The first-order chi connectivity index (χ1) is 8.87. The smallest absolute Gasteiger partial charge is 0.408 e. The first kappa shape index (κ1) is 14.2. The molecule has 0 spiro atoms. The minimum Gasteiger partial charge on any atom is -0.444 e. The van der Waals surface area contributed by atoms with Gasteiger partial charge in [0.2, 0.25) is 5.91 Å². The third-order valence-corrected chi connectivity index (χ3v) is 3.45. The van der Waals surface area contributed by atoms with Crippen LogP contribution in [0.5, 0.6) is 0 Å². The van der Waals surface area contributed by atoms with Crippen molar-refractivity contribution in [1.82, 2.24) is 10.2 Å². The van der Waals surface area contributed by atoms with Crippen molar-refractivity contribution in [3.63, 3.8) is 0 Å². The predicted molar refractivity (Wildman–Crippen MR) is 71.7 cm³/mol. The van der Waals surface area contributed by atoms with Gasteiger partial charge >= 0.3 is 6.09 Å². The van der Waals surface area contributed by atoms with E-state index >= 15 is 0 Å². The summed E-state index contributed by atoms with van der Waals surface area (Å²) in [5.41, 5.74) is -0.533. The van der Waals surface area contributed by atoms with E-state index in [0.717, 1.165) is 38.8 Å². The molecule has 5 heteroatoms. The van der Waals surface area contributed by atoms with Gasteiger partial charge in [-0.1, -0.05) is 0 Å². The van der Waals surface area contributed by atoms with Gasteiger partial charge in [0.05, 0.1) is 0 Å². The summed E-state index contributed by atoms with van der Waals surface area (Å²) in [5, 5.41) is 2.76. The van der Waals surface area contributed by atoms with Gasteiger partial charge < -0.3 is 15.0 Å². The highest BCUT2D eigenvalue weighted by atomic mass is 16.6. The molecule has 2 amide bonds. The van der Waals surface area contributed by atoms with Crippen molar-refractivity contribution < 1.29 is 14.3 Å². The van der Waals surface area contributed by atoms with Crippen molar-refractivity contribution in [3.8, 4) is 0 Å². The number of alkyl carbamates (subject to hydrolysis) is 1. The second-order valence-electron chi connectivity index (χ2n) is 6.49. The van der Waals surface area contributed by atoms with Crippen molar-refractivity contribution in [3.05, 3.63) is 0 Å². The van der Waals surface area contributed by atoms with E-state index in [1.54, 1.807) is 0 Å². The summed E-state index contributed by atoms with van der Waals surface area (Å²) in [5.74, 6) is 0.353. The topological polar surface area (TPSA) is 58.6 Å². The fourth-order valence-corrected chi connectivity index (χ4v) is 2.38. The molecule has 0 aromatic heterocycles. The quantitative estimate of drug-likeness (QED) is 0.850. The first-order valence-electron chi connectivity index (χ1n) is 7.15. The SMILES string of the molecule is CC(C)(C)OC(=O)N[C@H](C(=O)N1CCCC1)C1CC1.